The van der Waals surface area contributed by atoms with E-state index in [1.807, 2.05) is 0 Å². The van der Waals surface area contributed by atoms with E-state index in [-0.39, 0.29) is 11.3 Å². The molecule has 2 nitrogen and oxygen atoms in total. The number of hydrogen-bond donors (Lipinski definition) is 1. The van der Waals surface area contributed by atoms with E-state index in [0.29, 0.717) is 0 Å². The van der Waals surface area contributed by atoms with Gasteiger partial charge in [-0.15, -0.1) is 0 Å². The summed E-state index contributed by atoms with van der Waals surface area (Å²) in [7, 11) is 4.37. The number of nitrogens with two attached hydrogens (primary N) is 1. The van der Waals surface area contributed by atoms with E-state index >= 15 is 0 Å². The molecule has 1 aromatic rings. The van der Waals surface area contributed by atoms with E-state index in [4.69, 9.17) is 5.73 Å². The molecule has 23 heavy (non-hydrogen) atoms. The van der Waals surface area contributed by atoms with Gasteiger partial charge in [-0.3, -0.25) is 0 Å². The van der Waals surface area contributed by atoms with Crippen LogP contribution in [0.3, 0.4) is 0 Å². The average Bonchev–Trinajstić information content (AvgIpc) is 2.40. The highest BCUT2D eigenvalue weighted by Gasteiger charge is 2.32. The maximum absolute atomic E-state index is 12.2. The Balaban J connectivity index is 0.000000423. The van der Waals surface area contributed by atoms with Gasteiger partial charge in [-0.05, 0) is 57.5 Å². The van der Waals surface area contributed by atoms with Crippen LogP contribution in [0.2, 0.25) is 0 Å². The van der Waals surface area contributed by atoms with E-state index < -0.39 is 11.7 Å². The third kappa shape index (κ3) is 8.84. The highest BCUT2D eigenvalue weighted by atomic mass is 19.4. The number of anilines is 1. The van der Waals surface area contributed by atoms with Crippen LogP contribution in [0.25, 0.3) is 0 Å². The standard InChI is InChI=1S/C10H23N.C8H8F3N/c1-6-7-10(11(4)5)8-9(2)3;1-5-2-3-6(12)4-7(5)8(9,10)11/h9-10H,6-8H2,1-5H3;2-4H,12H2,1H3. The number of benzene rings is 1. The van der Waals surface area contributed by atoms with Crippen LogP contribution in [-0.4, -0.2) is 25.0 Å². The number of aryl methyl sites for hydroxylation is 1. The molecule has 0 aliphatic heterocycles. The van der Waals surface area contributed by atoms with Gasteiger partial charge in [0, 0.05) is 11.7 Å². The molecule has 2 N–H and O–H groups in total. The molecule has 1 atom stereocenters. The fourth-order valence-electron chi connectivity index (χ4n) is 2.41. The highest BCUT2D eigenvalue weighted by molar-refractivity contribution is 5.45. The Morgan fingerprint density at radius 3 is 2.09 bits per heavy atom. The Morgan fingerprint density at radius 2 is 1.74 bits per heavy atom. The van der Waals surface area contributed by atoms with Crippen molar-refractivity contribution in [2.45, 2.75) is 59.2 Å². The van der Waals surface area contributed by atoms with Crippen LogP contribution in [-0.2, 0) is 6.18 Å². The van der Waals surface area contributed by atoms with Crippen molar-refractivity contribution in [2.24, 2.45) is 5.92 Å². The second-order valence-electron chi connectivity index (χ2n) is 6.61. The summed E-state index contributed by atoms with van der Waals surface area (Å²) in [4.78, 5) is 2.35. The zero-order valence-corrected chi connectivity index (χ0v) is 15.2. The summed E-state index contributed by atoms with van der Waals surface area (Å²) >= 11 is 0. The normalized spacial score (nSPS) is 13.0. The predicted octanol–water partition coefficient (Wildman–Crippen LogP) is 5.36. The zero-order chi connectivity index (χ0) is 18.2. The fraction of sp³-hybridized carbons (Fsp3) is 0.667. The molecule has 5 heteroatoms. The minimum Gasteiger partial charge on any atom is -0.399 e. The van der Waals surface area contributed by atoms with E-state index in [9.17, 15) is 13.2 Å². The van der Waals surface area contributed by atoms with Crippen molar-refractivity contribution in [1.29, 1.82) is 0 Å². The first kappa shape index (κ1) is 21.8. The van der Waals surface area contributed by atoms with Crippen molar-refractivity contribution in [1.82, 2.24) is 4.90 Å². The van der Waals surface area contributed by atoms with Gasteiger partial charge in [-0.1, -0.05) is 33.3 Å². The molecule has 0 saturated carbocycles. The fourth-order valence-corrected chi connectivity index (χ4v) is 2.41. The van der Waals surface area contributed by atoms with Gasteiger partial charge in [-0.25, -0.2) is 0 Å². The van der Waals surface area contributed by atoms with Crippen molar-refractivity contribution in [3.63, 3.8) is 0 Å². The molecule has 0 amide bonds. The van der Waals surface area contributed by atoms with Gasteiger partial charge in [0.05, 0.1) is 5.56 Å². The van der Waals surface area contributed by atoms with Crippen molar-refractivity contribution >= 4 is 5.69 Å². The number of alkyl halides is 3. The van der Waals surface area contributed by atoms with E-state index in [2.05, 4.69) is 39.8 Å². The SMILES string of the molecule is CCCC(CC(C)C)N(C)C.Cc1ccc(N)cc1C(F)(F)F. The summed E-state index contributed by atoms with van der Waals surface area (Å²) < 4.78 is 36.5. The molecule has 0 spiro atoms. The van der Waals surface area contributed by atoms with Crippen LogP contribution in [0.4, 0.5) is 18.9 Å². The van der Waals surface area contributed by atoms with Crippen LogP contribution in [0.5, 0.6) is 0 Å². The Labute approximate surface area is 138 Å². The molecule has 1 unspecified atom stereocenters. The van der Waals surface area contributed by atoms with Crippen LogP contribution in [0.15, 0.2) is 18.2 Å². The Kier molecular flexibility index (Phi) is 9.28. The van der Waals surface area contributed by atoms with Crippen LogP contribution in [0.1, 0.15) is 51.2 Å². The van der Waals surface area contributed by atoms with Gasteiger partial charge in [-0.2, -0.15) is 13.2 Å². The molecule has 1 rings (SSSR count). The molecular formula is C18H31F3N2. The van der Waals surface area contributed by atoms with Crippen molar-refractivity contribution in [3.05, 3.63) is 29.3 Å². The Hall–Kier alpha value is -1.23. The summed E-state index contributed by atoms with van der Waals surface area (Å²) in [6.07, 6.45) is -0.332. The minimum absolute atomic E-state index is 0.132. The molecule has 0 fully saturated rings. The molecule has 0 aromatic heterocycles. The van der Waals surface area contributed by atoms with E-state index in [1.165, 1.54) is 38.3 Å². The molecule has 0 saturated heterocycles. The summed E-state index contributed by atoms with van der Waals surface area (Å²) in [6.45, 7) is 8.26. The monoisotopic (exact) mass is 332 g/mol. The van der Waals surface area contributed by atoms with Crippen LogP contribution in [0, 0.1) is 12.8 Å². The Bertz CT molecular complexity index is 454. The summed E-state index contributed by atoms with van der Waals surface area (Å²) in [5.41, 5.74) is 4.88. The predicted molar refractivity (Wildman–Crippen MR) is 92.4 cm³/mol. The quantitative estimate of drug-likeness (QED) is 0.736. The van der Waals surface area contributed by atoms with Gasteiger partial charge in [0.1, 0.15) is 0 Å². The molecule has 0 aliphatic carbocycles. The third-order valence-corrected chi connectivity index (χ3v) is 3.66. The molecule has 0 bridgehead atoms. The van der Waals surface area contributed by atoms with Gasteiger partial charge >= 0.3 is 6.18 Å². The van der Waals surface area contributed by atoms with Crippen molar-refractivity contribution in [3.8, 4) is 0 Å². The first-order chi connectivity index (χ1) is 10.5. The van der Waals surface area contributed by atoms with Gasteiger partial charge in [0.15, 0.2) is 0 Å². The topological polar surface area (TPSA) is 29.3 Å². The zero-order valence-electron chi connectivity index (χ0n) is 15.2. The second-order valence-corrected chi connectivity index (χ2v) is 6.61. The number of hydrogen-bond acceptors (Lipinski definition) is 2. The Morgan fingerprint density at radius 1 is 1.17 bits per heavy atom. The summed E-state index contributed by atoms with van der Waals surface area (Å²) in [5, 5.41) is 0. The minimum atomic E-state index is -4.31. The number of nitrogen functional groups attached to an aromatic ring is 1. The molecule has 134 valence electrons. The second kappa shape index (κ2) is 9.81. The lowest BCUT2D eigenvalue weighted by atomic mass is 9.99. The average molecular weight is 332 g/mol. The lowest BCUT2D eigenvalue weighted by Crippen LogP contribution is -2.29. The smallest absolute Gasteiger partial charge is 0.399 e. The number of rotatable bonds is 5. The molecule has 0 heterocycles. The largest absolute Gasteiger partial charge is 0.416 e. The van der Waals surface area contributed by atoms with Gasteiger partial charge in [0.25, 0.3) is 0 Å². The number of nitrogens with zero attached hydrogens (tertiary/aromatic N) is 1. The first-order valence-corrected chi connectivity index (χ1v) is 8.08. The van der Waals surface area contributed by atoms with E-state index in [0.717, 1.165) is 18.0 Å². The summed E-state index contributed by atoms with van der Waals surface area (Å²) in [6, 6.07) is 4.54. The van der Waals surface area contributed by atoms with E-state index in [1.54, 1.807) is 0 Å². The van der Waals surface area contributed by atoms with Crippen molar-refractivity contribution in [2.75, 3.05) is 19.8 Å². The highest BCUT2D eigenvalue weighted by Crippen LogP contribution is 2.32. The molecule has 0 aliphatic rings. The van der Waals surface area contributed by atoms with Gasteiger partial charge < -0.3 is 10.6 Å². The maximum Gasteiger partial charge on any atom is 0.416 e. The molecule has 1 aromatic carbocycles. The third-order valence-electron chi connectivity index (χ3n) is 3.66. The van der Waals surface area contributed by atoms with Gasteiger partial charge in [0.2, 0.25) is 0 Å². The molecular weight excluding hydrogens is 301 g/mol. The number of halogens is 3. The lowest BCUT2D eigenvalue weighted by Gasteiger charge is -2.25. The van der Waals surface area contributed by atoms with Crippen LogP contribution < -0.4 is 5.73 Å². The summed E-state index contributed by atoms with van der Waals surface area (Å²) in [5.74, 6) is 0.828. The van der Waals surface area contributed by atoms with Crippen molar-refractivity contribution < 1.29 is 13.2 Å². The first-order valence-electron chi connectivity index (χ1n) is 8.08. The maximum atomic E-state index is 12.2. The molecule has 0 radical (unpaired) electrons. The van der Waals surface area contributed by atoms with Crippen LogP contribution >= 0.6 is 0 Å². The lowest BCUT2D eigenvalue weighted by molar-refractivity contribution is -0.138.